The van der Waals surface area contributed by atoms with Gasteiger partial charge in [-0.2, -0.15) is 0 Å². The molecular weight excluding hydrogens is 464 g/mol. The number of unbranched alkanes of at least 4 members (excludes halogenated alkanes) is 8. The third kappa shape index (κ3) is 13.2. The van der Waals surface area contributed by atoms with E-state index in [0.29, 0.717) is 43.9 Å². The Balaban J connectivity index is 1.57. The lowest BCUT2D eigenvalue weighted by atomic mass is 10.1. The fraction of sp³-hybridized carbons (Fsp3) is 0.548. The van der Waals surface area contributed by atoms with Gasteiger partial charge in [0, 0.05) is 24.2 Å². The second kappa shape index (κ2) is 19.1. The number of nitrogens with one attached hydrogen (secondary N) is 2. The smallest absolute Gasteiger partial charge is 0.251 e. The van der Waals surface area contributed by atoms with Crippen molar-refractivity contribution >= 4 is 11.8 Å². The number of rotatable bonds is 20. The van der Waals surface area contributed by atoms with Crippen LogP contribution in [0.15, 0.2) is 48.5 Å². The lowest BCUT2D eigenvalue weighted by Crippen LogP contribution is -2.29. The van der Waals surface area contributed by atoms with E-state index in [4.69, 9.17) is 9.47 Å². The van der Waals surface area contributed by atoms with Crippen LogP contribution < -0.4 is 20.1 Å². The molecule has 0 saturated heterocycles. The van der Waals surface area contributed by atoms with Crippen molar-refractivity contribution in [1.82, 2.24) is 10.6 Å². The molecular formula is C31H46N2O4. The highest BCUT2D eigenvalue weighted by atomic mass is 16.5. The highest BCUT2D eigenvalue weighted by Crippen LogP contribution is 2.14. The maximum absolute atomic E-state index is 12.4. The molecule has 6 nitrogen and oxygen atoms in total. The summed E-state index contributed by atoms with van der Waals surface area (Å²) in [6.07, 6.45) is 12.7. The molecule has 0 bridgehead atoms. The molecule has 0 fully saturated rings. The van der Waals surface area contributed by atoms with Crippen LogP contribution in [0.4, 0.5) is 0 Å². The van der Waals surface area contributed by atoms with Crippen molar-refractivity contribution in [2.24, 2.45) is 0 Å². The van der Waals surface area contributed by atoms with Gasteiger partial charge in [0.05, 0.1) is 13.2 Å². The van der Waals surface area contributed by atoms with Gasteiger partial charge in [-0.05, 0) is 67.8 Å². The first-order valence-corrected chi connectivity index (χ1v) is 14.2. The number of benzene rings is 2. The SMILES string of the molecule is CCCCCCCOc1ccc(C(=O)NCCCNC(=O)c2ccc(OCCCCCCC)cc2)cc1. The zero-order valence-electron chi connectivity index (χ0n) is 22.9. The molecule has 0 unspecified atom stereocenters. The van der Waals surface area contributed by atoms with Gasteiger partial charge in [-0.3, -0.25) is 9.59 Å². The molecule has 0 saturated carbocycles. The molecule has 2 aromatic rings. The van der Waals surface area contributed by atoms with Gasteiger partial charge >= 0.3 is 0 Å². The van der Waals surface area contributed by atoms with Crippen molar-refractivity contribution in [3.8, 4) is 11.5 Å². The molecule has 0 aliphatic rings. The van der Waals surface area contributed by atoms with E-state index in [1.807, 2.05) is 24.3 Å². The summed E-state index contributed by atoms with van der Waals surface area (Å²) in [5.41, 5.74) is 1.20. The average molecular weight is 511 g/mol. The molecule has 2 amide bonds. The summed E-state index contributed by atoms with van der Waals surface area (Å²) < 4.78 is 11.5. The Hall–Kier alpha value is -3.02. The first-order chi connectivity index (χ1) is 18.1. The molecule has 0 aliphatic heterocycles. The maximum Gasteiger partial charge on any atom is 0.251 e. The van der Waals surface area contributed by atoms with Crippen LogP contribution in [0.2, 0.25) is 0 Å². The molecule has 204 valence electrons. The van der Waals surface area contributed by atoms with Crippen molar-refractivity contribution in [2.45, 2.75) is 84.5 Å². The van der Waals surface area contributed by atoms with E-state index in [2.05, 4.69) is 24.5 Å². The molecule has 2 aromatic carbocycles. The van der Waals surface area contributed by atoms with Gasteiger partial charge in [0.25, 0.3) is 11.8 Å². The van der Waals surface area contributed by atoms with Crippen molar-refractivity contribution in [1.29, 1.82) is 0 Å². The van der Waals surface area contributed by atoms with Gasteiger partial charge in [0.15, 0.2) is 0 Å². The third-order valence-electron chi connectivity index (χ3n) is 6.19. The highest BCUT2D eigenvalue weighted by Gasteiger charge is 2.07. The Kier molecular flexibility index (Phi) is 15.6. The highest BCUT2D eigenvalue weighted by molar-refractivity contribution is 5.94. The number of carbonyl (C=O) groups excluding carboxylic acids is 2. The van der Waals surface area contributed by atoms with Gasteiger partial charge in [-0.25, -0.2) is 0 Å². The Labute approximate surface area is 223 Å². The number of amides is 2. The first kappa shape index (κ1) is 30.2. The average Bonchev–Trinajstić information content (AvgIpc) is 2.93. The topological polar surface area (TPSA) is 76.7 Å². The second-order valence-corrected chi connectivity index (χ2v) is 9.44. The van der Waals surface area contributed by atoms with Crippen molar-refractivity contribution < 1.29 is 19.1 Å². The Morgan fingerprint density at radius 3 is 1.30 bits per heavy atom. The Bertz CT molecular complexity index is 808. The first-order valence-electron chi connectivity index (χ1n) is 14.2. The minimum absolute atomic E-state index is 0.126. The van der Waals surface area contributed by atoms with E-state index in [-0.39, 0.29) is 11.8 Å². The fourth-order valence-corrected chi connectivity index (χ4v) is 3.89. The summed E-state index contributed by atoms with van der Waals surface area (Å²) in [6.45, 7) is 6.80. The van der Waals surface area contributed by atoms with Crippen LogP contribution >= 0.6 is 0 Å². The van der Waals surface area contributed by atoms with Gasteiger partial charge < -0.3 is 20.1 Å². The number of hydrogen-bond donors (Lipinski definition) is 2. The summed E-state index contributed by atoms with van der Waals surface area (Å²) in [5, 5.41) is 5.80. The van der Waals surface area contributed by atoms with E-state index in [0.717, 1.165) is 24.3 Å². The maximum atomic E-state index is 12.4. The van der Waals surface area contributed by atoms with Crippen LogP contribution in [0.3, 0.4) is 0 Å². The van der Waals surface area contributed by atoms with Crippen LogP contribution in [0.25, 0.3) is 0 Å². The molecule has 0 aromatic heterocycles. The largest absolute Gasteiger partial charge is 0.494 e. The summed E-state index contributed by atoms with van der Waals surface area (Å²) in [5.74, 6) is 1.32. The zero-order chi connectivity index (χ0) is 26.6. The van der Waals surface area contributed by atoms with Crippen molar-refractivity contribution in [3.63, 3.8) is 0 Å². The standard InChI is InChI=1S/C31H46N2O4/c1-3-5-7-9-11-24-36-28-18-14-26(15-19-28)30(34)32-22-13-23-33-31(35)27-16-20-29(21-17-27)37-25-12-10-8-6-4-2/h14-21H,3-13,22-25H2,1-2H3,(H,32,34)(H,33,35). The Morgan fingerprint density at radius 1 is 0.541 bits per heavy atom. The van der Waals surface area contributed by atoms with E-state index in [1.54, 1.807) is 24.3 Å². The van der Waals surface area contributed by atoms with Crippen LogP contribution in [-0.2, 0) is 0 Å². The van der Waals surface area contributed by atoms with Crippen LogP contribution in [0, 0.1) is 0 Å². The van der Waals surface area contributed by atoms with Crippen LogP contribution in [0.1, 0.15) is 105 Å². The zero-order valence-corrected chi connectivity index (χ0v) is 22.9. The molecule has 0 spiro atoms. The van der Waals surface area contributed by atoms with Gasteiger partial charge in [0.1, 0.15) is 11.5 Å². The number of hydrogen-bond acceptors (Lipinski definition) is 4. The monoisotopic (exact) mass is 510 g/mol. The third-order valence-corrected chi connectivity index (χ3v) is 6.19. The molecule has 37 heavy (non-hydrogen) atoms. The number of carbonyl (C=O) groups is 2. The summed E-state index contributed by atoms with van der Waals surface area (Å²) >= 11 is 0. The van der Waals surface area contributed by atoms with Gasteiger partial charge in [-0.1, -0.05) is 65.2 Å². The van der Waals surface area contributed by atoms with Crippen molar-refractivity contribution in [2.75, 3.05) is 26.3 Å². The molecule has 0 atom stereocenters. The minimum Gasteiger partial charge on any atom is -0.494 e. The molecule has 6 heteroatoms. The van der Waals surface area contributed by atoms with Crippen LogP contribution in [-0.4, -0.2) is 38.1 Å². The van der Waals surface area contributed by atoms with Crippen LogP contribution in [0.5, 0.6) is 11.5 Å². The molecule has 0 radical (unpaired) electrons. The van der Waals surface area contributed by atoms with Gasteiger partial charge in [0.2, 0.25) is 0 Å². The van der Waals surface area contributed by atoms with E-state index >= 15 is 0 Å². The Morgan fingerprint density at radius 2 is 0.919 bits per heavy atom. The van der Waals surface area contributed by atoms with E-state index in [9.17, 15) is 9.59 Å². The van der Waals surface area contributed by atoms with Crippen molar-refractivity contribution in [3.05, 3.63) is 59.7 Å². The predicted octanol–water partition coefficient (Wildman–Crippen LogP) is 6.93. The molecule has 0 heterocycles. The summed E-state index contributed by atoms with van der Waals surface area (Å²) in [6, 6.07) is 14.5. The summed E-state index contributed by atoms with van der Waals surface area (Å²) in [7, 11) is 0. The molecule has 2 rings (SSSR count). The second-order valence-electron chi connectivity index (χ2n) is 9.44. The van der Waals surface area contributed by atoms with E-state index in [1.165, 1.54) is 51.4 Å². The van der Waals surface area contributed by atoms with Gasteiger partial charge in [-0.15, -0.1) is 0 Å². The quantitative estimate of drug-likeness (QED) is 0.189. The van der Waals surface area contributed by atoms with E-state index < -0.39 is 0 Å². The fourth-order valence-electron chi connectivity index (χ4n) is 3.89. The molecule has 2 N–H and O–H groups in total. The number of ether oxygens (including phenoxy) is 2. The predicted molar refractivity (Wildman–Crippen MR) is 151 cm³/mol. The normalized spacial score (nSPS) is 10.6. The lowest BCUT2D eigenvalue weighted by molar-refractivity contribution is 0.0951. The minimum atomic E-state index is -0.126. The molecule has 0 aliphatic carbocycles. The summed E-state index contributed by atoms with van der Waals surface area (Å²) in [4.78, 5) is 24.7. The lowest BCUT2D eigenvalue weighted by Gasteiger charge is -2.09.